The van der Waals surface area contributed by atoms with Gasteiger partial charge in [-0.1, -0.05) is 23.7 Å². The van der Waals surface area contributed by atoms with E-state index in [0.717, 1.165) is 11.1 Å². The van der Waals surface area contributed by atoms with Gasteiger partial charge in [-0.15, -0.1) is 0 Å². The minimum atomic E-state index is -0.596. The van der Waals surface area contributed by atoms with Crippen molar-refractivity contribution in [2.24, 2.45) is 0 Å². The van der Waals surface area contributed by atoms with Crippen molar-refractivity contribution >= 4 is 17.3 Å². The summed E-state index contributed by atoms with van der Waals surface area (Å²) in [6, 6.07) is 9.19. The molecule has 0 spiro atoms. The second-order valence-corrected chi connectivity index (χ2v) is 4.46. The second-order valence-electron chi connectivity index (χ2n) is 4.02. The third-order valence-electron chi connectivity index (χ3n) is 2.72. The Kier molecular flexibility index (Phi) is 3.82. The predicted molar refractivity (Wildman–Crippen MR) is 69.9 cm³/mol. The summed E-state index contributed by atoms with van der Waals surface area (Å²) in [5.74, 6) is -1.19. The van der Waals surface area contributed by atoms with Crippen LogP contribution in [0.5, 0.6) is 0 Å². The Labute approximate surface area is 109 Å². The monoisotopic (exact) mass is 267 g/mol. The lowest BCUT2D eigenvalue weighted by Gasteiger charge is -2.10. The van der Waals surface area contributed by atoms with E-state index in [-0.39, 0.29) is 5.69 Å². The van der Waals surface area contributed by atoms with E-state index in [1.807, 2.05) is 19.1 Å². The maximum atomic E-state index is 13.4. The fourth-order valence-corrected chi connectivity index (χ4v) is 1.93. The Morgan fingerprint density at radius 1 is 1.11 bits per heavy atom. The SMILES string of the molecule is Cc1cc(Cl)ccc1CNc1c(F)cccc1F. The van der Waals surface area contributed by atoms with Crippen LogP contribution in [0.15, 0.2) is 36.4 Å². The van der Waals surface area contributed by atoms with Gasteiger partial charge in [0.1, 0.15) is 17.3 Å². The van der Waals surface area contributed by atoms with Crippen molar-refractivity contribution in [1.29, 1.82) is 0 Å². The first kappa shape index (κ1) is 12.8. The van der Waals surface area contributed by atoms with Crippen molar-refractivity contribution in [2.75, 3.05) is 5.32 Å². The van der Waals surface area contributed by atoms with Crippen LogP contribution in [0, 0.1) is 18.6 Å². The molecule has 2 rings (SSSR count). The summed E-state index contributed by atoms with van der Waals surface area (Å²) >= 11 is 5.84. The van der Waals surface area contributed by atoms with Crippen molar-refractivity contribution in [1.82, 2.24) is 0 Å². The summed E-state index contributed by atoms with van der Waals surface area (Å²) in [5.41, 5.74) is 1.82. The molecule has 94 valence electrons. The van der Waals surface area contributed by atoms with Gasteiger partial charge in [0.15, 0.2) is 0 Å². The van der Waals surface area contributed by atoms with Crippen LogP contribution < -0.4 is 5.32 Å². The van der Waals surface area contributed by atoms with Crippen LogP contribution in [0.4, 0.5) is 14.5 Å². The molecule has 1 nitrogen and oxygen atoms in total. The third-order valence-corrected chi connectivity index (χ3v) is 2.96. The summed E-state index contributed by atoms with van der Waals surface area (Å²) in [7, 11) is 0. The van der Waals surface area contributed by atoms with Crippen LogP contribution in [0.25, 0.3) is 0 Å². The average molecular weight is 268 g/mol. The van der Waals surface area contributed by atoms with Gasteiger partial charge in [-0.25, -0.2) is 8.78 Å². The van der Waals surface area contributed by atoms with E-state index in [4.69, 9.17) is 11.6 Å². The van der Waals surface area contributed by atoms with Crippen LogP contribution in [-0.4, -0.2) is 0 Å². The zero-order chi connectivity index (χ0) is 13.1. The molecule has 0 atom stereocenters. The molecule has 2 aromatic rings. The molecule has 0 amide bonds. The molecule has 0 aromatic heterocycles. The Bertz CT molecular complexity index is 549. The van der Waals surface area contributed by atoms with Crippen LogP contribution >= 0.6 is 11.6 Å². The minimum absolute atomic E-state index is 0.105. The molecule has 0 unspecified atom stereocenters. The van der Waals surface area contributed by atoms with Gasteiger partial charge in [0.25, 0.3) is 0 Å². The molecule has 1 N–H and O–H groups in total. The highest BCUT2D eigenvalue weighted by molar-refractivity contribution is 6.30. The van der Waals surface area contributed by atoms with E-state index >= 15 is 0 Å². The number of rotatable bonds is 3. The number of aryl methyl sites for hydroxylation is 1. The first-order valence-corrected chi connectivity index (χ1v) is 5.88. The summed E-state index contributed by atoms with van der Waals surface area (Å²) in [6.45, 7) is 2.25. The molecule has 0 saturated heterocycles. The summed E-state index contributed by atoms with van der Waals surface area (Å²) in [4.78, 5) is 0. The van der Waals surface area contributed by atoms with Crippen molar-refractivity contribution in [2.45, 2.75) is 13.5 Å². The number of hydrogen-bond acceptors (Lipinski definition) is 1. The van der Waals surface area contributed by atoms with Gasteiger partial charge in [-0.3, -0.25) is 0 Å². The van der Waals surface area contributed by atoms with Crippen LogP contribution in [0.2, 0.25) is 5.02 Å². The Morgan fingerprint density at radius 3 is 2.39 bits per heavy atom. The molecular weight excluding hydrogens is 256 g/mol. The van der Waals surface area contributed by atoms with Crippen LogP contribution in [-0.2, 0) is 6.54 Å². The van der Waals surface area contributed by atoms with Gasteiger partial charge < -0.3 is 5.32 Å². The number of hydrogen-bond donors (Lipinski definition) is 1. The largest absolute Gasteiger partial charge is 0.376 e. The van der Waals surface area contributed by atoms with E-state index in [9.17, 15) is 8.78 Å². The first-order chi connectivity index (χ1) is 8.58. The molecule has 0 fully saturated rings. The normalized spacial score (nSPS) is 10.4. The highest BCUT2D eigenvalue weighted by atomic mass is 35.5. The topological polar surface area (TPSA) is 12.0 Å². The quantitative estimate of drug-likeness (QED) is 0.861. The van der Waals surface area contributed by atoms with E-state index in [0.29, 0.717) is 11.6 Å². The summed E-state index contributed by atoms with van der Waals surface area (Å²) < 4.78 is 26.8. The smallest absolute Gasteiger partial charge is 0.149 e. The predicted octanol–water partition coefficient (Wildman–Crippen LogP) is 4.54. The first-order valence-electron chi connectivity index (χ1n) is 5.51. The van der Waals surface area contributed by atoms with Crippen molar-refractivity contribution in [3.8, 4) is 0 Å². The number of nitrogens with one attached hydrogen (secondary N) is 1. The van der Waals surface area contributed by atoms with Crippen LogP contribution in [0.1, 0.15) is 11.1 Å². The summed E-state index contributed by atoms with van der Waals surface area (Å²) in [6.07, 6.45) is 0. The lowest BCUT2D eigenvalue weighted by molar-refractivity contribution is 0.588. The lowest BCUT2D eigenvalue weighted by atomic mass is 10.1. The molecule has 18 heavy (non-hydrogen) atoms. The maximum absolute atomic E-state index is 13.4. The van der Waals surface area contributed by atoms with Crippen molar-refractivity contribution < 1.29 is 8.78 Å². The van der Waals surface area contributed by atoms with Gasteiger partial charge in [0.05, 0.1) is 0 Å². The van der Waals surface area contributed by atoms with Gasteiger partial charge in [0, 0.05) is 11.6 Å². The molecule has 0 bridgehead atoms. The number of anilines is 1. The van der Waals surface area contributed by atoms with Crippen molar-refractivity contribution in [3.63, 3.8) is 0 Å². The highest BCUT2D eigenvalue weighted by Gasteiger charge is 2.08. The van der Waals surface area contributed by atoms with E-state index < -0.39 is 11.6 Å². The number of halogens is 3. The average Bonchev–Trinajstić information content (AvgIpc) is 2.31. The molecule has 0 aliphatic heterocycles. The molecule has 0 radical (unpaired) electrons. The Hall–Kier alpha value is -1.61. The van der Waals surface area contributed by atoms with Crippen molar-refractivity contribution in [3.05, 3.63) is 64.2 Å². The van der Waals surface area contributed by atoms with E-state index in [1.54, 1.807) is 6.07 Å². The maximum Gasteiger partial charge on any atom is 0.149 e. The minimum Gasteiger partial charge on any atom is -0.376 e. The fourth-order valence-electron chi connectivity index (χ4n) is 1.71. The molecule has 0 aliphatic carbocycles. The van der Waals surface area contributed by atoms with Gasteiger partial charge in [-0.2, -0.15) is 0 Å². The standard InChI is InChI=1S/C14H12ClF2N/c1-9-7-11(15)6-5-10(9)8-18-14-12(16)3-2-4-13(14)17/h2-7,18H,8H2,1H3. The Balaban J connectivity index is 2.16. The number of para-hydroxylation sites is 1. The molecule has 4 heteroatoms. The van der Waals surface area contributed by atoms with Gasteiger partial charge >= 0.3 is 0 Å². The highest BCUT2D eigenvalue weighted by Crippen LogP contribution is 2.20. The Morgan fingerprint density at radius 2 is 1.78 bits per heavy atom. The third kappa shape index (κ3) is 2.79. The number of benzene rings is 2. The zero-order valence-corrected chi connectivity index (χ0v) is 10.6. The van der Waals surface area contributed by atoms with E-state index in [1.165, 1.54) is 18.2 Å². The van der Waals surface area contributed by atoms with Crippen LogP contribution in [0.3, 0.4) is 0 Å². The van der Waals surface area contributed by atoms with Gasteiger partial charge in [-0.05, 0) is 42.3 Å². The second kappa shape index (κ2) is 5.36. The molecule has 0 saturated carbocycles. The van der Waals surface area contributed by atoms with Gasteiger partial charge in [0.2, 0.25) is 0 Å². The molecule has 2 aromatic carbocycles. The molecule has 0 aliphatic rings. The van der Waals surface area contributed by atoms with E-state index in [2.05, 4.69) is 5.32 Å². The zero-order valence-electron chi connectivity index (χ0n) is 9.81. The molecular formula is C14H12ClF2N. The molecule has 0 heterocycles. The fraction of sp³-hybridized carbons (Fsp3) is 0.143. The lowest BCUT2D eigenvalue weighted by Crippen LogP contribution is -2.05. The summed E-state index contributed by atoms with van der Waals surface area (Å²) in [5, 5.41) is 3.41.